The molecule has 0 aliphatic carbocycles. The number of halogens is 5. The van der Waals surface area contributed by atoms with Crippen molar-refractivity contribution in [1.82, 2.24) is 24.4 Å². The average molecular weight is 775 g/mol. The molecule has 0 bridgehead atoms. The van der Waals surface area contributed by atoms with E-state index in [0.717, 1.165) is 27.7 Å². The predicted molar refractivity (Wildman–Crippen MR) is 194 cm³/mol. The van der Waals surface area contributed by atoms with Crippen LogP contribution in [-0.4, -0.2) is 69.0 Å². The van der Waals surface area contributed by atoms with Gasteiger partial charge >= 0.3 is 17.8 Å². The molecule has 2 atom stereocenters. The van der Waals surface area contributed by atoms with E-state index in [2.05, 4.69) is 15.3 Å². The molecule has 3 aromatic heterocycles. The summed E-state index contributed by atoms with van der Waals surface area (Å²) in [5.74, 6) is -3.88. The monoisotopic (exact) mass is 774 g/mol. The van der Waals surface area contributed by atoms with Crippen molar-refractivity contribution < 1.29 is 41.0 Å². The molecule has 1 fully saturated rings. The van der Waals surface area contributed by atoms with Crippen molar-refractivity contribution in [3.05, 3.63) is 134 Å². The molecule has 0 saturated carbocycles. The first kappa shape index (κ1) is 37.8. The van der Waals surface area contributed by atoms with Crippen LogP contribution in [0, 0.1) is 18.6 Å². The Morgan fingerprint density at radius 1 is 1.02 bits per heavy atom. The van der Waals surface area contributed by atoms with Crippen LogP contribution in [0.15, 0.2) is 94.9 Å². The minimum Gasteiger partial charge on any atom is -0.425 e. The SMILES string of the molecule is Cc1cc(N2CCOC[C@@H]2C(F)(F)F)cc(F)c1C(=O)N[C@@H](Cc1ccc(-n2c(=O)c3ccncc3n(C)c2=O)c2ncccc12)C(=O)Oc1ccc(F)cc1. The zero-order valence-corrected chi connectivity index (χ0v) is 29.6. The number of fused-ring (bicyclic) bond motifs is 2. The molecule has 0 unspecified atom stereocenters. The van der Waals surface area contributed by atoms with Gasteiger partial charge < -0.3 is 19.7 Å². The van der Waals surface area contributed by atoms with E-state index in [9.17, 15) is 36.7 Å². The van der Waals surface area contributed by atoms with Crippen LogP contribution in [0.5, 0.6) is 5.75 Å². The minimum absolute atomic E-state index is 0.00670. The van der Waals surface area contributed by atoms with Gasteiger partial charge in [-0.2, -0.15) is 13.2 Å². The Morgan fingerprint density at radius 2 is 1.79 bits per heavy atom. The molecule has 6 aromatic rings. The number of aryl methyl sites for hydroxylation is 2. The first-order chi connectivity index (χ1) is 26.7. The van der Waals surface area contributed by atoms with Crippen LogP contribution < -0.4 is 26.2 Å². The molecule has 0 radical (unpaired) electrons. The van der Waals surface area contributed by atoms with Gasteiger partial charge in [0.15, 0.2) is 0 Å². The highest BCUT2D eigenvalue weighted by atomic mass is 19.4. The van der Waals surface area contributed by atoms with Gasteiger partial charge in [0, 0.05) is 43.5 Å². The van der Waals surface area contributed by atoms with Gasteiger partial charge in [0.2, 0.25) is 0 Å². The number of benzene rings is 3. The first-order valence-corrected chi connectivity index (χ1v) is 17.1. The number of esters is 1. The van der Waals surface area contributed by atoms with E-state index >= 15 is 4.39 Å². The summed E-state index contributed by atoms with van der Waals surface area (Å²) >= 11 is 0. The number of hydrogen-bond donors (Lipinski definition) is 1. The Balaban J connectivity index is 1.26. The molecule has 1 N–H and O–H groups in total. The molecule has 17 heteroatoms. The Labute approximate surface area is 313 Å². The van der Waals surface area contributed by atoms with Gasteiger partial charge in [-0.1, -0.05) is 12.1 Å². The maximum absolute atomic E-state index is 15.8. The minimum atomic E-state index is -4.67. The van der Waals surface area contributed by atoms with Crippen molar-refractivity contribution in [2.75, 3.05) is 24.7 Å². The number of nitrogens with one attached hydrogen (secondary N) is 1. The number of rotatable bonds is 8. The highest BCUT2D eigenvalue weighted by Crippen LogP contribution is 2.33. The second-order valence-electron chi connectivity index (χ2n) is 13.1. The number of amides is 1. The summed E-state index contributed by atoms with van der Waals surface area (Å²) in [6.07, 6.45) is -0.691. The number of alkyl halides is 3. The molecule has 1 saturated heterocycles. The van der Waals surface area contributed by atoms with Crippen LogP contribution in [-0.2, 0) is 23.0 Å². The molecular formula is C39H31F5N6O6. The fourth-order valence-corrected chi connectivity index (χ4v) is 6.78. The Morgan fingerprint density at radius 3 is 2.52 bits per heavy atom. The average Bonchev–Trinajstić information content (AvgIpc) is 3.17. The number of ether oxygens (including phenoxy) is 2. The molecule has 56 heavy (non-hydrogen) atoms. The van der Waals surface area contributed by atoms with E-state index < -0.39 is 65.2 Å². The van der Waals surface area contributed by atoms with Crippen molar-refractivity contribution in [2.24, 2.45) is 7.05 Å². The van der Waals surface area contributed by atoms with Crippen LogP contribution in [0.4, 0.5) is 27.6 Å². The summed E-state index contributed by atoms with van der Waals surface area (Å²) in [6, 6.07) is 10.7. The predicted octanol–water partition coefficient (Wildman–Crippen LogP) is 4.93. The maximum Gasteiger partial charge on any atom is 0.411 e. The number of nitrogens with zero attached hydrogens (tertiary/aromatic N) is 5. The van der Waals surface area contributed by atoms with E-state index in [1.54, 1.807) is 12.1 Å². The summed E-state index contributed by atoms with van der Waals surface area (Å²) in [4.78, 5) is 64.1. The fourth-order valence-electron chi connectivity index (χ4n) is 6.78. The molecule has 0 spiro atoms. The highest BCUT2D eigenvalue weighted by Gasteiger charge is 2.45. The third-order valence-electron chi connectivity index (χ3n) is 9.54. The van der Waals surface area contributed by atoms with Gasteiger partial charge in [-0.15, -0.1) is 0 Å². The van der Waals surface area contributed by atoms with E-state index in [4.69, 9.17) is 9.47 Å². The summed E-state index contributed by atoms with van der Waals surface area (Å²) in [7, 11) is 1.49. The van der Waals surface area contributed by atoms with Gasteiger partial charge in [-0.05, 0) is 72.6 Å². The van der Waals surface area contributed by atoms with Gasteiger partial charge in [0.1, 0.15) is 29.5 Å². The quantitative estimate of drug-likeness (QED) is 0.130. The van der Waals surface area contributed by atoms with Crippen molar-refractivity contribution in [3.8, 4) is 11.4 Å². The van der Waals surface area contributed by atoms with E-state index in [0.29, 0.717) is 16.5 Å². The molecule has 4 heterocycles. The first-order valence-electron chi connectivity index (χ1n) is 17.1. The van der Waals surface area contributed by atoms with Gasteiger partial charge in [0.25, 0.3) is 11.5 Å². The smallest absolute Gasteiger partial charge is 0.411 e. The van der Waals surface area contributed by atoms with Crippen LogP contribution in [0.1, 0.15) is 21.5 Å². The number of anilines is 1. The van der Waals surface area contributed by atoms with Crippen LogP contribution in [0.2, 0.25) is 0 Å². The summed E-state index contributed by atoms with van der Waals surface area (Å²) in [5.41, 5.74) is -0.878. The Bertz CT molecular complexity index is 2610. The van der Waals surface area contributed by atoms with Crippen molar-refractivity contribution in [1.29, 1.82) is 0 Å². The third-order valence-corrected chi connectivity index (χ3v) is 9.54. The number of morpholine rings is 1. The lowest BCUT2D eigenvalue weighted by Crippen LogP contribution is -2.53. The second kappa shape index (κ2) is 15.0. The molecule has 1 aliphatic rings. The Hall–Kier alpha value is -6.49. The van der Waals surface area contributed by atoms with Gasteiger partial charge in [-0.25, -0.2) is 22.9 Å². The van der Waals surface area contributed by atoms with Crippen molar-refractivity contribution in [3.63, 3.8) is 0 Å². The lowest BCUT2D eigenvalue weighted by atomic mass is 9.99. The normalized spacial score (nSPS) is 15.2. The molecular weight excluding hydrogens is 743 g/mol. The van der Waals surface area contributed by atoms with Crippen LogP contribution in [0.25, 0.3) is 27.5 Å². The van der Waals surface area contributed by atoms with Gasteiger partial charge in [0.05, 0.1) is 47.1 Å². The van der Waals surface area contributed by atoms with Crippen molar-refractivity contribution in [2.45, 2.75) is 31.6 Å². The standard InChI is InChI=1S/C39H31F5N6O6/c1-21-16-24(49-14-15-55-20-32(49)39(42,43)44)18-28(41)33(21)35(51)47-29(37(53)56-25-8-6-23(40)7-9-25)17-22-5-10-30(34-26(22)4-3-12-46-34)50-36(52)27-11-13-45-19-31(27)48(2)38(50)54/h3-13,16,18-19,29,32H,14-15,17,20H2,1-2H3,(H,47,51)/t29-,32+/m0/s1. The maximum atomic E-state index is 15.8. The van der Waals surface area contributed by atoms with Crippen molar-refractivity contribution >= 4 is 39.4 Å². The highest BCUT2D eigenvalue weighted by molar-refractivity contribution is 5.99. The molecule has 1 aliphatic heterocycles. The number of carbonyl (C=O) groups is 2. The third kappa shape index (κ3) is 7.20. The summed E-state index contributed by atoms with van der Waals surface area (Å²) < 4.78 is 83.5. The molecule has 288 valence electrons. The number of pyridine rings is 2. The topological polar surface area (TPSA) is 138 Å². The lowest BCUT2D eigenvalue weighted by Gasteiger charge is -2.38. The second-order valence-corrected chi connectivity index (χ2v) is 13.1. The van der Waals surface area contributed by atoms with E-state index in [-0.39, 0.29) is 53.2 Å². The molecule has 1 amide bonds. The fraction of sp³-hybridized carbons (Fsp3) is 0.231. The van der Waals surface area contributed by atoms with Crippen LogP contribution >= 0.6 is 0 Å². The number of aromatic nitrogens is 4. The van der Waals surface area contributed by atoms with E-state index in [1.807, 2.05) is 0 Å². The Kier molecular flexibility index (Phi) is 10.1. The summed E-state index contributed by atoms with van der Waals surface area (Å²) in [5, 5.41) is 3.12. The van der Waals surface area contributed by atoms with E-state index in [1.165, 1.54) is 73.5 Å². The zero-order chi connectivity index (χ0) is 39.9. The number of hydrogen-bond acceptors (Lipinski definition) is 9. The molecule has 12 nitrogen and oxygen atoms in total. The number of carbonyl (C=O) groups excluding carboxylic acids is 2. The molecule has 7 rings (SSSR count). The summed E-state index contributed by atoms with van der Waals surface area (Å²) in [6.45, 7) is 0.507. The zero-order valence-electron chi connectivity index (χ0n) is 29.6. The van der Waals surface area contributed by atoms with Crippen LogP contribution in [0.3, 0.4) is 0 Å². The lowest BCUT2D eigenvalue weighted by molar-refractivity contribution is -0.167. The largest absolute Gasteiger partial charge is 0.425 e. The molecule has 3 aromatic carbocycles. The van der Waals surface area contributed by atoms with Gasteiger partial charge in [-0.3, -0.25) is 24.1 Å².